The van der Waals surface area contributed by atoms with Crippen LogP contribution < -0.4 is 0 Å². The van der Waals surface area contributed by atoms with Crippen molar-refractivity contribution in [2.24, 2.45) is 0 Å². The molecule has 1 fully saturated rings. The van der Waals surface area contributed by atoms with Crippen molar-refractivity contribution in [3.63, 3.8) is 0 Å². The third-order valence-corrected chi connectivity index (χ3v) is 3.39. The van der Waals surface area contributed by atoms with Crippen molar-refractivity contribution < 1.29 is 9.15 Å². The van der Waals surface area contributed by atoms with Crippen molar-refractivity contribution in [1.29, 1.82) is 0 Å². The van der Waals surface area contributed by atoms with Gasteiger partial charge in [-0.3, -0.25) is 10.00 Å². The highest BCUT2D eigenvalue weighted by Gasteiger charge is 2.35. The van der Waals surface area contributed by atoms with Crippen molar-refractivity contribution in [3.05, 3.63) is 36.3 Å². The first kappa shape index (κ1) is 11.4. The standard InChI is InChI=1S/C12H16N4O2/c1-17-10-5-11(12-13-8-14-15-12)16(7-10)6-9-3-2-4-18-9/h2-4,8,10-11H,5-7H2,1H3,(H,13,14,15)/t10-,11+/m1/s1. The average Bonchev–Trinajstić information content (AvgIpc) is 3.10. The molecule has 0 spiro atoms. The van der Waals surface area contributed by atoms with Crippen molar-refractivity contribution in [1.82, 2.24) is 20.1 Å². The molecule has 1 aliphatic heterocycles. The maximum absolute atomic E-state index is 5.45. The molecule has 2 atom stereocenters. The van der Waals surface area contributed by atoms with Gasteiger partial charge in [-0.05, 0) is 18.6 Å². The molecule has 0 aliphatic carbocycles. The van der Waals surface area contributed by atoms with Crippen molar-refractivity contribution >= 4 is 0 Å². The van der Waals surface area contributed by atoms with E-state index in [1.807, 2.05) is 12.1 Å². The number of rotatable bonds is 4. The molecule has 1 aliphatic rings. The lowest BCUT2D eigenvalue weighted by atomic mass is 10.2. The van der Waals surface area contributed by atoms with Crippen molar-refractivity contribution in [3.8, 4) is 0 Å². The van der Waals surface area contributed by atoms with E-state index in [2.05, 4.69) is 20.1 Å². The zero-order chi connectivity index (χ0) is 12.4. The normalized spacial score (nSPS) is 24.7. The highest BCUT2D eigenvalue weighted by Crippen LogP contribution is 2.32. The number of likely N-dealkylation sites (tertiary alicyclic amines) is 1. The maximum atomic E-state index is 5.45. The van der Waals surface area contributed by atoms with Gasteiger partial charge in [-0.2, -0.15) is 5.10 Å². The van der Waals surface area contributed by atoms with Crippen LogP contribution in [0.1, 0.15) is 24.0 Å². The summed E-state index contributed by atoms with van der Waals surface area (Å²) >= 11 is 0. The number of methoxy groups -OCH3 is 1. The Hall–Kier alpha value is -1.66. The van der Waals surface area contributed by atoms with E-state index in [0.717, 1.165) is 31.1 Å². The average molecular weight is 248 g/mol. The van der Waals surface area contributed by atoms with Crippen LogP contribution in [-0.4, -0.2) is 39.8 Å². The number of nitrogens with one attached hydrogen (secondary N) is 1. The van der Waals surface area contributed by atoms with E-state index >= 15 is 0 Å². The van der Waals surface area contributed by atoms with Crippen LogP contribution in [-0.2, 0) is 11.3 Å². The molecule has 18 heavy (non-hydrogen) atoms. The molecule has 3 rings (SSSR count). The van der Waals surface area contributed by atoms with Gasteiger partial charge in [-0.25, -0.2) is 4.98 Å². The smallest absolute Gasteiger partial charge is 0.141 e. The predicted octanol–water partition coefficient (Wildman–Crippen LogP) is 1.36. The number of aromatic amines is 1. The molecule has 0 amide bonds. The van der Waals surface area contributed by atoms with Crippen LogP contribution in [0.5, 0.6) is 0 Å². The summed E-state index contributed by atoms with van der Waals surface area (Å²) < 4.78 is 10.9. The van der Waals surface area contributed by atoms with Crippen LogP contribution in [0.4, 0.5) is 0 Å². The van der Waals surface area contributed by atoms with Crippen molar-refractivity contribution in [2.75, 3.05) is 13.7 Å². The van der Waals surface area contributed by atoms with E-state index in [1.165, 1.54) is 0 Å². The van der Waals surface area contributed by atoms with Gasteiger partial charge in [0, 0.05) is 13.7 Å². The molecule has 6 nitrogen and oxygen atoms in total. The van der Waals surface area contributed by atoms with Crippen LogP contribution in [0.2, 0.25) is 0 Å². The first-order chi connectivity index (χ1) is 8.86. The molecule has 0 aromatic carbocycles. The van der Waals surface area contributed by atoms with Crippen LogP contribution >= 0.6 is 0 Å². The van der Waals surface area contributed by atoms with Gasteiger partial charge in [0.05, 0.1) is 25.0 Å². The van der Waals surface area contributed by atoms with E-state index in [1.54, 1.807) is 19.7 Å². The van der Waals surface area contributed by atoms with Crippen LogP contribution in [0, 0.1) is 0 Å². The number of H-pyrrole nitrogens is 1. The molecular formula is C12H16N4O2. The SMILES string of the molecule is CO[C@@H]1C[C@@H](c2ncn[nH]2)N(Cc2ccco2)C1. The zero-order valence-electron chi connectivity index (χ0n) is 10.2. The number of hydrogen-bond acceptors (Lipinski definition) is 5. The molecule has 3 heterocycles. The van der Waals surface area contributed by atoms with Gasteiger partial charge in [-0.1, -0.05) is 0 Å². The minimum absolute atomic E-state index is 0.211. The molecule has 0 unspecified atom stereocenters. The lowest BCUT2D eigenvalue weighted by molar-refractivity contribution is 0.106. The van der Waals surface area contributed by atoms with Crippen LogP contribution in [0.3, 0.4) is 0 Å². The lowest BCUT2D eigenvalue weighted by Gasteiger charge is -2.20. The van der Waals surface area contributed by atoms with Gasteiger partial charge in [0.25, 0.3) is 0 Å². The fourth-order valence-corrected chi connectivity index (χ4v) is 2.47. The quantitative estimate of drug-likeness (QED) is 0.884. The van der Waals surface area contributed by atoms with E-state index in [4.69, 9.17) is 9.15 Å². The first-order valence-electron chi connectivity index (χ1n) is 6.01. The minimum atomic E-state index is 0.211. The van der Waals surface area contributed by atoms with Gasteiger partial charge >= 0.3 is 0 Å². The summed E-state index contributed by atoms with van der Waals surface area (Å²) in [5.41, 5.74) is 0. The van der Waals surface area contributed by atoms with E-state index in [0.29, 0.717) is 0 Å². The van der Waals surface area contributed by atoms with Gasteiger partial charge in [0.1, 0.15) is 17.9 Å². The molecule has 0 radical (unpaired) electrons. The first-order valence-corrected chi connectivity index (χ1v) is 6.01. The number of ether oxygens (including phenoxy) is 1. The Morgan fingerprint density at radius 2 is 2.56 bits per heavy atom. The topological polar surface area (TPSA) is 67.2 Å². The second-order valence-electron chi connectivity index (χ2n) is 4.49. The van der Waals surface area contributed by atoms with Crippen LogP contribution in [0.25, 0.3) is 0 Å². The molecule has 0 saturated carbocycles. The summed E-state index contributed by atoms with van der Waals surface area (Å²) in [5.74, 6) is 1.84. The number of aromatic nitrogens is 3. The summed E-state index contributed by atoms with van der Waals surface area (Å²) in [5, 5.41) is 6.87. The third kappa shape index (κ3) is 2.16. The summed E-state index contributed by atoms with van der Waals surface area (Å²) in [6.07, 6.45) is 4.39. The largest absolute Gasteiger partial charge is 0.468 e. The Bertz CT molecular complexity index is 468. The highest BCUT2D eigenvalue weighted by molar-refractivity contribution is 5.04. The van der Waals surface area contributed by atoms with Crippen molar-refractivity contribution in [2.45, 2.75) is 25.1 Å². The molecule has 2 aromatic heterocycles. The summed E-state index contributed by atoms with van der Waals surface area (Å²) in [6, 6.07) is 4.10. The molecule has 1 N–H and O–H groups in total. The fraction of sp³-hybridized carbons (Fsp3) is 0.500. The Balaban J connectivity index is 1.77. The highest BCUT2D eigenvalue weighted by atomic mass is 16.5. The third-order valence-electron chi connectivity index (χ3n) is 3.39. The number of furan rings is 1. The van der Waals surface area contributed by atoms with E-state index in [-0.39, 0.29) is 12.1 Å². The summed E-state index contributed by atoms with van der Waals surface area (Å²) in [4.78, 5) is 6.55. The molecule has 2 aromatic rings. The maximum Gasteiger partial charge on any atom is 0.141 e. The van der Waals surface area contributed by atoms with Crippen LogP contribution in [0.15, 0.2) is 29.1 Å². The lowest BCUT2D eigenvalue weighted by Crippen LogP contribution is -2.25. The number of nitrogens with zero attached hydrogens (tertiary/aromatic N) is 3. The predicted molar refractivity (Wildman–Crippen MR) is 63.7 cm³/mol. The van der Waals surface area contributed by atoms with E-state index in [9.17, 15) is 0 Å². The van der Waals surface area contributed by atoms with Gasteiger partial charge < -0.3 is 9.15 Å². The Labute approximate surface area is 105 Å². The fourth-order valence-electron chi connectivity index (χ4n) is 2.47. The zero-order valence-corrected chi connectivity index (χ0v) is 10.2. The van der Waals surface area contributed by atoms with E-state index < -0.39 is 0 Å². The second-order valence-corrected chi connectivity index (χ2v) is 4.49. The molecular weight excluding hydrogens is 232 g/mol. The van der Waals surface area contributed by atoms with Gasteiger partial charge in [0.15, 0.2) is 0 Å². The molecule has 1 saturated heterocycles. The monoisotopic (exact) mass is 248 g/mol. The molecule has 0 bridgehead atoms. The van der Waals surface area contributed by atoms with Gasteiger partial charge in [0.2, 0.25) is 0 Å². The second kappa shape index (κ2) is 4.91. The Morgan fingerprint density at radius 1 is 1.61 bits per heavy atom. The summed E-state index contributed by atoms with van der Waals surface area (Å²) in [7, 11) is 1.75. The summed E-state index contributed by atoms with van der Waals surface area (Å²) in [6.45, 7) is 1.64. The Morgan fingerprint density at radius 3 is 3.22 bits per heavy atom. The van der Waals surface area contributed by atoms with Gasteiger partial charge in [-0.15, -0.1) is 0 Å². The Kier molecular flexibility index (Phi) is 3.12. The molecule has 6 heteroatoms. The number of hydrogen-bond donors (Lipinski definition) is 1. The molecule has 96 valence electrons. The minimum Gasteiger partial charge on any atom is -0.468 e.